The Morgan fingerprint density at radius 3 is 2.55 bits per heavy atom. The average molecular weight is 152 g/mol. The second kappa shape index (κ2) is 3.94. The summed E-state index contributed by atoms with van der Waals surface area (Å²) in [7, 11) is 0. The number of hydrogen-bond acceptors (Lipinski definition) is 0. The van der Waals surface area contributed by atoms with Crippen LogP contribution in [-0.4, -0.2) is 0 Å². The quantitative estimate of drug-likeness (QED) is 0.539. The van der Waals surface area contributed by atoms with Crippen LogP contribution in [0.2, 0.25) is 0 Å². The van der Waals surface area contributed by atoms with Crippen LogP contribution in [0.5, 0.6) is 0 Å². The van der Waals surface area contributed by atoms with Crippen LogP contribution in [0.1, 0.15) is 40.0 Å². The first-order valence-electron chi connectivity index (χ1n) is 4.92. The van der Waals surface area contributed by atoms with E-state index in [1.165, 1.54) is 19.3 Å². The minimum absolute atomic E-state index is 1.01. The largest absolute Gasteiger partial charge is 0.0917 e. The molecule has 1 saturated carbocycles. The third-order valence-corrected chi connectivity index (χ3v) is 3.03. The van der Waals surface area contributed by atoms with Crippen molar-refractivity contribution in [3.8, 4) is 0 Å². The highest BCUT2D eigenvalue weighted by atomic mass is 14.5. The second-order valence-corrected chi connectivity index (χ2v) is 3.78. The summed E-state index contributed by atoms with van der Waals surface area (Å²) < 4.78 is 0. The van der Waals surface area contributed by atoms with Crippen molar-refractivity contribution in [1.29, 1.82) is 0 Å². The van der Waals surface area contributed by atoms with E-state index in [1.807, 2.05) is 0 Å². The molecule has 1 aliphatic carbocycles. The summed E-state index contributed by atoms with van der Waals surface area (Å²) >= 11 is 0. The average Bonchev–Trinajstić information content (AvgIpc) is 2.59. The van der Waals surface area contributed by atoms with Gasteiger partial charge in [0.15, 0.2) is 0 Å². The first-order valence-corrected chi connectivity index (χ1v) is 4.92. The van der Waals surface area contributed by atoms with Gasteiger partial charge in [-0.3, -0.25) is 0 Å². The molecule has 0 heteroatoms. The highest BCUT2D eigenvalue weighted by Crippen LogP contribution is 2.50. The fraction of sp³-hybridized carbons (Fsp3) is 0.818. The Bertz CT molecular complexity index is 135. The summed E-state index contributed by atoms with van der Waals surface area (Å²) in [6.07, 6.45) is 8.62. The van der Waals surface area contributed by atoms with E-state index in [0.29, 0.717) is 0 Å². The lowest BCUT2D eigenvalue weighted by molar-refractivity contribution is 0.630. The maximum atomic E-state index is 2.40. The summed E-state index contributed by atoms with van der Waals surface area (Å²) in [5.74, 6) is 3.08. The predicted octanol–water partition coefficient (Wildman–Crippen LogP) is 3.63. The van der Waals surface area contributed by atoms with Crippen LogP contribution in [0.3, 0.4) is 0 Å². The highest BCUT2D eigenvalue weighted by Gasteiger charge is 2.43. The van der Waals surface area contributed by atoms with Crippen molar-refractivity contribution in [2.45, 2.75) is 40.0 Å². The minimum atomic E-state index is 1.01. The van der Waals surface area contributed by atoms with E-state index < -0.39 is 0 Å². The van der Waals surface area contributed by atoms with Crippen LogP contribution >= 0.6 is 0 Å². The Balaban J connectivity index is 2.18. The molecule has 0 N–H and O–H groups in total. The normalized spacial score (nSPS) is 36.5. The van der Waals surface area contributed by atoms with Gasteiger partial charge >= 0.3 is 0 Å². The van der Waals surface area contributed by atoms with Crippen molar-refractivity contribution >= 4 is 0 Å². The molecule has 1 fully saturated rings. The SMILES string of the molecule is CC=CCC1C(C)C1CCC. The first kappa shape index (κ1) is 8.83. The maximum Gasteiger partial charge on any atom is -0.0317 e. The molecule has 0 heterocycles. The molecule has 0 aromatic heterocycles. The molecule has 0 radical (unpaired) electrons. The van der Waals surface area contributed by atoms with Crippen molar-refractivity contribution in [3.05, 3.63) is 12.2 Å². The van der Waals surface area contributed by atoms with Gasteiger partial charge in [-0.15, -0.1) is 0 Å². The third kappa shape index (κ3) is 2.08. The van der Waals surface area contributed by atoms with Gasteiger partial charge in [0, 0.05) is 0 Å². The fourth-order valence-corrected chi connectivity index (χ4v) is 2.13. The zero-order chi connectivity index (χ0) is 8.27. The standard InChI is InChI=1S/C11H20/c1-4-6-8-11-9(3)10(11)7-5-2/h4,6,9-11H,5,7-8H2,1-3H3. The van der Waals surface area contributed by atoms with Crippen LogP contribution in [-0.2, 0) is 0 Å². The minimum Gasteiger partial charge on any atom is -0.0917 e. The van der Waals surface area contributed by atoms with E-state index in [-0.39, 0.29) is 0 Å². The molecule has 1 aliphatic rings. The molecule has 1 rings (SSSR count). The summed E-state index contributed by atoms with van der Waals surface area (Å²) in [6, 6.07) is 0. The van der Waals surface area contributed by atoms with E-state index in [1.54, 1.807) is 0 Å². The molecule has 0 aliphatic heterocycles. The van der Waals surface area contributed by atoms with Gasteiger partial charge in [0.1, 0.15) is 0 Å². The Morgan fingerprint density at radius 1 is 1.27 bits per heavy atom. The summed E-state index contributed by atoms with van der Waals surface area (Å²) in [5, 5.41) is 0. The molecular weight excluding hydrogens is 132 g/mol. The Kier molecular flexibility index (Phi) is 3.16. The van der Waals surface area contributed by atoms with E-state index >= 15 is 0 Å². The Morgan fingerprint density at radius 2 is 2.00 bits per heavy atom. The summed E-state index contributed by atoms with van der Waals surface area (Å²) in [4.78, 5) is 0. The predicted molar refractivity (Wildman–Crippen MR) is 50.5 cm³/mol. The monoisotopic (exact) mass is 152 g/mol. The van der Waals surface area contributed by atoms with Crippen molar-refractivity contribution in [2.24, 2.45) is 17.8 Å². The summed E-state index contributed by atoms with van der Waals surface area (Å²) in [5.41, 5.74) is 0. The van der Waals surface area contributed by atoms with Gasteiger partial charge in [-0.05, 0) is 31.1 Å². The molecule has 0 bridgehead atoms. The Labute approximate surface area is 70.7 Å². The molecule has 0 aromatic carbocycles. The molecule has 0 nitrogen and oxygen atoms in total. The molecule has 11 heavy (non-hydrogen) atoms. The van der Waals surface area contributed by atoms with Crippen molar-refractivity contribution in [3.63, 3.8) is 0 Å². The molecular formula is C11H20. The van der Waals surface area contributed by atoms with E-state index in [2.05, 4.69) is 32.9 Å². The molecule has 0 amide bonds. The van der Waals surface area contributed by atoms with E-state index in [4.69, 9.17) is 0 Å². The summed E-state index contributed by atoms with van der Waals surface area (Å²) in [6.45, 7) is 6.80. The van der Waals surface area contributed by atoms with Gasteiger partial charge < -0.3 is 0 Å². The molecule has 0 saturated heterocycles. The van der Waals surface area contributed by atoms with Crippen LogP contribution in [0.25, 0.3) is 0 Å². The lowest BCUT2D eigenvalue weighted by Gasteiger charge is -1.91. The van der Waals surface area contributed by atoms with Crippen molar-refractivity contribution in [1.82, 2.24) is 0 Å². The Hall–Kier alpha value is -0.260. The lowest BCUT2D eigenvalue weighted by atomic mass is 10.1. The van der Waals surface area contributed by atoms with Crippen LogP contribution < -0.4 is 0 Å². The number of hydrogen-bond donors (Lipinski definition) is 0. The van der Waals surface area contributed by atoms with Gasteiger partial charge in [-0.25, -0.2) is 0 Å². The molecule has 3 unspecified atom stereocenters. The molecule has 0 aromatic rings. The molecule has 3 atom stereocenters. The van der Waals surface area contributed by atoms with Gasteiger partial charge in [0.2, 0.25) is 0 Å². The van der Waals surface area contributed by atoms with Gasteiger partial charge in [0.25, 0.3) is 0 Å². The number of allylic oxidation sites excluding steroid dienone is 2. The van der Waals surface area contributed by atoms with Crippen molar-refractivity contribution in [2.75, 3.05) is 0 Å². The van der Waals surface area contributed by atoms with E-state index in [9.17, 15) is 0 Å². The lowest BCUT2D eigenvalue weighted by Crippen LogP contribution is -1.79. The topological polar surface area (TPSA) is 0 Å². The maximum absolute atomic E-state index is 2.40. The molecule has 64 valence electrons. The van der Waals surface area contributed by atoms with Crippen LogP contribution in [0.15, 0.2) is 12.2 Å². The second-order valence-electron chi connectivity index (χ2n) is 3.78. The van der Waals surface area contributed by atoms with Crippen LogP contribution in [0, 0.1) is 17.8 Å². The highest BCUT2D eigenvalue weighted by molar-refractivity contribution is 4.98. The number of rotatable bonds is 4. The zero-order valence-electron chi connectivity index (χ0n) is 8.01. The fourth-order valence-electron chi connectivity index (χ4n) is 2.13. The van der Waals surface area contributed by atoms with Crippen LogP contribution in [0.4, 0.5) is 0 Å². The van der Waals surface area contributed by atoms with Crippen molar-refractivity contribution < 1.29 is 0 Å². The van der Waals surface area contributed by atoms with Gasteiger partial charge in [0.05, 0.1) is 0 Å². The third-order valence-electron chi connectivity index (χ3n) is 3.03. The van der Waals surface area contributed by atoms with Gasteiger partial charge in [-0.1, -0.05) is 38.8 Å². The smallest absolute Gasteiger partial charge is 0.0317 e. The first-order chi connectivity index (χ1) is 5.31. The molecule has 0 spiro atoms. The zero-order valence-corrected chi connectivity index (χ0v) is 8.01. The van der Waals surface area contributed by atoms with Gasteiger partial charge in [-0.2, -0.15) is 0 Å². The van der Waals surface area contributed by atoms with E-state index in [0.717, 1.165) is 17.8 Å².